The minimum atomic E-state index is -1.88. The second-order valence-corrected chi connectivity index (χ2v) is 10.4. The molecule has 0 aliphatic carbocycles. The van der Waals surface area contributed by atoms with Crippen molar-refractivity contribution in [3.8, 4) is 40.2 Å². The van der Waals surface area contributed by atoms with Crippen LogP contribution in [0, 0.1) is 0 Å². The van der Waals surface area contributed by atoms with Crippen molar-refractivity contribution in [2.75, 3.05) is 13.7 Å². The molecular formula is C33H32O15. The van der Waals surface area contributed by atoms with E-state index in [9.17, 15) is 50.1 Å². The third-order valence-electron chi connectivity index (χ3n) is 7.01. The number of phenolic OH excluding ortho intramolecular Hbond substituents is 5. The van der Waals surface area contributed by atoms with E-state index in [2.05, 4.69) is 0 Å². The van der Waals surface area contributed by atoms with Gasteiger partial charge >= 0.3 is 11.9 Å². The number of allylic oxidation sites excluding steroid dienone is 1. The van der Waals surface area contributed by atoms with Crippen molar-refractivity contribution in [2.45, 2.75) is 37.6 Å². The predicted molar refractivity (Wildman–Crippen MR) is 164 cm³/mol. The highest BCUT2D eigenvalue weighted by molar-refractivity contribution is 6.09. The number of benzene rings is 3. The summed E-state index contributed by atoms with van der Waals surface area (Å²) in [5.74, 6) is -5.59. The van der Waals surface area contributed by atoms with Crippen LogP contribution in [-0.4, -0.2) is 97.9 Å². The largest absolute Gasteiger partial charge is 0.504 e. The molecule has 1 aliphatic rings. The van der Waals surface area contributed by atoms with Gasteiger partial charge in [-0.2, -0.15) is 0 Å². The molecule has 1 heterocycles. The maximum atomic E-state index is 12.8. The first kappa shape index (κ1) is 35.1. The van der Waals surface area contributed by atoms with Crippen molar-refractivity contribution in [1.82, 2.24) is 0 Å². The summed E-state index contributed by atoms with van der Waals surface area (Å²) in [6.45, 7) is 0.561. The van der Waals surface area contributed by atoms with Gasteiger partial charge in [0.05, 0.1) is 12.7 Å². The molecule has 0 saturated carbocycles. The highest BCUT2D eigenvalue weighted by atomic mass is 16.7. The van der Waals surface area contributed by atoms with Gasteiger partial charge in [-0.15, -0.1) is 0 Å². The van der Waals surface area contributed by atoms with Crippen LogP contribution in [0.3, 0.4) is 0 Å². The van der Waals surface area contributed by atoms with Crippen LogP contribution in [0.1, 0.15) is 28.4 Å². The molecular weight excluding hydrogens is 636 g/mol. The molecule has 15 nitrogen and oxygen atoms in total. The van der Waals surface area contributed by atoms with E-state index in [1.807, 2.05) is 0 Å². The zero-order valence-electron chi connectivity index (χ0n) is 25.4. The van der Waals surface area contributed by atoms with E-state index in [1.165, 1.54) is 43.5 Å². The number of aliphatic hydroxyl groups is 2. The predicted octanol–water partition coefficient (Wildman–Crippen LogP) is 2.13. The van der Waals surface area contributed by atoms with Crippen molar-refractivity contribution in [3.63, 3.8) is 0 Å². The second-order valence-electron chi connectivity index (χ2n) is 10.4. The number of aromatic hydroxyl groups is 5. The molecule has 0 spiro atoms. The van der Waals surface area contributed by atoms with Crippen molar-refractivity contribution < 1.29 is 73.8 Å². The van der Waals surface area contributed by atoms with Crippen LogP contribution in [-0.2, 0) is 23.8 Å². The van der Waals surface area contributed by atoms with Crippen molar-refractivity contribution >= 4 is 29.9 Å². The van der Waals surface area contributed by atoms with Crippen LogP contribution < -0.4 is 9.47 Å². The summed E-state index contributed by atoms with van der Waals surface area (Å²) in [5, 5.41) is 71.9. The van der Waals surface area contributed by atoms with Gasteiger partial charge in [0.1, 0.15) is 24.9 Å². The lowest BCUT2D eigenvalue weighted by molar-refractivity contribution is -0.282. The van der Waals surface area contributed by atoms with Gasteiger partial charge in [0.25, 0.3) is 0 Å². The van der Waals surface area contributed by atoms with Crippen LogP contribution in [0.15, 0.2) is 60.7 Å². The van der Waals surface area contributed by atoms with Gasteiger partial charge in [0.2, 0.25) is 12.0 Å². The summed E-state index contributed by atoms with van der Waals surface area (Å²) in [6.07, 6.45) is -3.97. The normalized spacial score (nSPS) is 20.8. The number of aliphatic hydroxyl groups excluding tert-OH is 2. The van der Waals surface area contributed by atoms with Crippen molar-refractivity contribution in [2.24, 2.45) is 0 Å². The lowest BCUT2D eigenvalue weighted by atomic mass is 9.99. The van der Waals surface area contributed by atoms with Crippen LogP contribution in [0.5, 0.6) is 40.2 Å². The molecule has 7 N–H and O–H groups in total. The second kappa shape index (κ2) is 15.2. The summed E-state index contributed by atoms with van der Waals surface area (Å²) in [7, 11) is 1.38. The number of rotatable bonds is 11. The summed E-state index contributed by atoms with van der Waals surface area (Å²) in [6, 6.07) is 10.3. The van der Waals surface area contributed by atoms with Crippen LogP contribution in [0.25, 0.3) is 12.2 Å². The minimum Gasteiger partial charge on any atom is -0.504 e. The van der Waals surface area contributed by atoms with Gasteiger partial charge in [0.15, 0.2) is 46.4 Å². The Morgan fingerprint density at radius 2 is 1.44 bits per heavy atom. The van der Waals surface area contributed by atoms with E-state index in [1.54, 1.807) is 6.07 Å². The Bertz CT molecular complexity index is 1730. The molecule has 0 amide bonds. The van der Waals surface area contributed by atoms with Gasteiger partial charge < -0.3 is 59.4 Å². The Kier molecular flexibility index (Phi) is 11.1. The maximum absolute atomic E-state index is 12.8. The Labute approximate surface area is 272 Å². The van der Waals surface area contributed by atoms with Gasteiger partial charge in [-0.1, -0.05) is 18.2 Å². The molecule has 5 atom stereocenters. The van der Waals surface area contributed by atoms with E-state index in [4.69, 9.17) is 23.7 Å². The SMILES string of the molecule is COc1ccc(/C=C/C(=O)c2ccc(O[C@@H]3O[C@H](COC(C)=O)[C@@H](O)[C@H](O)[C@H]3OC(=O)/C=C/c3ccc(O)c(O)c3)c(O)c2O)cc1O. The molecule has 1 aliphatic heterocycles. The van der Waals surface area contributed by atoms with Gasteiger partial charge in [0, 0.05) is 13.0 Å². The number of carbonyl (C=O) groups is 3. The molecule has 0 bridgehead atoms. The fourth-order valence-electron chi connectivity index (χ4n) is 4.50. The van der Waals surface area contributed by atoms with E-state index in [-0.39, 0.29) is 22.8 Å². The highest BCUT2D eigenvalue weighted by Crippen LogP contribution is 2.40. The van der Waals surface area contributed by atoms with Crippen LogP contribution >= 0.6 is 0 Å². The average molecular weight is 669 g/mol. The molecule has 254 valence electrons. The number of esters is 2. The fraction of sp³-hybridized carbons (Fsp3) is 0.242. The van der Waals surface area contributed by atoms with Gasteiger partial charge in [-0.05, 0) is 59.7 Å². The molecule has 1 saturated heterocycles. The minimum absolute atomic E-state index is 0.163. The third-order valence-corrected chi connectivity index (χ3v) is 7.01. The Balaban J connectivity index is 1.56. The summed E-state index contributed by atoms with van der Waals surface area (Å²) in [5.41, 5.74) is 0.388. The Hall–Kier alpha value is -5.77. The molecule has 3 aromatic carbocycles. The first-order chi connectivity index (χ1) is 22.8. The number of hydrogen-bond acceptors (Lipinski definition) is 15. The maximum Gasteiger partial charge on any atom is 0.331 e. The summed E-state index contributed by atoms with van der Waals surface area (Å²) in [4.78, 5) is 36.9. The molecule has 0 radical (unpaired) electrons. The highest BCUT2D eigenvalue weighted by Gasteiger charge is 2.48. The van der Waals surface area contributed by atoms with Crippen molar-refractivity contribution in [1.29, 1.82) is 0 Å². The van der Waals surface area contributed by atoms with E-state index in [0.29, 0.717) is 11.1 Å². The summed E-state index contributed by atoms with van der Waals surface area (Å²) >= 11 is 0. The lowest BCUT2D eigenvalue weighted by Gasteiger charge is -2.41. The third kappa shape index (κ3) is 8.33. The van der Waals surface area contributed by atoms with Crippen molar-refractivity contribution in [3.05, 3.63) is 77.4 Å². The zero-order chi connectivity index (χ0) is 35.1. The lowest BCUT2D eigenvalue weighted by Crippen LogP contribution is -2.61. The first-order valence-electron chi connectivity index (χ1n) is 14.2. The molecule has 0 aromatic heterocycles. The molecule has 48 heavy (non-hydrogen) atoms. The number of phenols is 5. The average Bonchev–Trinajstić information content (AvgIpc) is 3.05. The zero-order valence-corrected chi connectivity index (χ0v) is 25.4. The van der Waals surface area contributed by atoms with E-state index in [0.717, 1.165) is 37.3 Å². The van der Waals surface area contributed by atoms with Gasteiger partial charge in [-0.25, -0.2) is 4.79 Å². The quantitative estimate of drug-likeness (QED) is 0.0670. The Morgan fingerprint density at radius 1 is 0.792 bits per heavy atom. The van der Waals surface area contributed by atoms with E-state index >= 15 is 0 Å². The monoisotopic (exact) mass is 668 g/mol. The number of carbonyl (C=O) groups excluding carboxylic acids is 3. The molecule has 3 aromatic rings. The number of methoxy groups -OCH3 is 1. The van der Waals surface area contributed by atoms with Crippen LogP contribution in [0.2, 0.25) is 0 Å². The number of ketones is 1. The molecule has 1 fully saturated rings. The van der Waals surface area contributed by atoms with Gasteiger partial charge in [-0.3, -0.25) is 9.59 Å². The molecule has 15 heteroatoms. The smallest absolute Gasteiger partial charge is 0.331 e. The topological polar surface area (TPSA) is 239 Å². The Morgan fingerprint density at radius 3 is 2.08 bits per heavy atom. The first-order valence-corrected chi connectivity index (χ1v) is 14.2. The number of ether oxygens (including phenoxy) is 5. The van der Waals surface area contributed by atoms with E-state index < -0.39 is 78.0 Å². The number of hydrogen-bond donors (Lipinski definition) is 7. The summed E-state index contributed by atoms with van der Waals surface area (Å²) < 4.78 is 26.4. The standard InChI is InChI=1S/C33H32O15/c1-16(34)45-15-26-30(42)31(43)32(48-27(39)12-6-18-4-9-21(36)22(37)13-18)33(47-26)46-25-11-7-19(28(40)29(25)41)20(35)8-3-17-5-10-24(44-2)23(38)14-17/h3-14,26,30-33,36-38,40-43H,15H2,1-2H3/b8-3+,12-6+/t26-,30-,31+,32-,33-/m1/s1. The molecule has 0 unspecified atom stereocenters. The molecule has 4 rings (SSSR count). The van der Waals surface area contributed by atoms with Crippen LogP contribution in [0.4, 0.5) is 0 Å². The fourth-order valence-corrected chi connectivity index (χ4v) is 4.50.